The number of hydrogen-bond acceptors (Lipinski definition) is 5. The van der Waals surface area contributed by atoms with Crippen LogP contribution in [0.4, 0.5) is 13.2 Å². The van der Waals surface area contributed by atoms with E-state index < -0.39 is 17.5 Å². The highest BCUT2D eigenvalue weighted by molar-refractivity contribution is 5.79. The van der Waals surface area contributed by atoms with Crippen molar-refractivity contribution in [3.8, 4) is 39.8 Å². The van der Waals surface area contributed by atoms with Crippen molar-refractivity contribution in [1.29, 1.82) is 0 Å². The Bertz CT molecular complexity index is 1160. The van der Waals surface area contributed by atoms with Gasteiger partial charge in [-0.2, -0.15) is 13.2 Å². The zero-order valence-corrected chi connectivity index (χ0v) is 14.2. The van der Waals surface area contributed by atoms with Gasteiger partial charge in [0, 0.05) is 5.56 Å². The Kier molecular flexibility index (Phi) is 3.55. The van der Waals surface area contributed by atoms with Crippen LogP contribution in [0.15, 0.2) is 63.6 Å². The van der Waals surface area contributed by atoms with E-state index >= 15 is 0 Å². The number of halogens is 3. The summed E-state index contributed by atoms with van der Waals surface area (Å²) < 4.78 is 57.8. The molecule has 0 atom stereocenters. The maximum Gasteiger partial charge on any atom is 0.422 e. The van der Waals surface area contributed by atoms with Gasteiger partial charge in [-0.15, -0.1) is 0 Å². The molecule has 0 saturated carbocycles. The van der Waals surface area contributed by atoms with Gasteiger partial charge in [0.1, 0.15) is 23.6 Å². The first kappa shape index (κ1) is 16.6. The van der Waals surface area contributed by atoms with Gasteiger partial charge < -0.3 is 13.8 Å². The Morgan fingerprint density at radius 2 is 1.46 bits per heavy atom. The topological polar surface area (TPSA) is 61.3 Å². The minimum Gasteiger partial charge on any atom is -0.488 e. The van der Waals surface area contributed by atoms with E-state index in [0.717, 1.165) is 0 Å². The molecule has 0 N–H and O–H groups in total. The Hall–Kier alpha value is -3.55. The number of hydrogen-bond donors (Lipinski definition) is 0. The van der Waals surface area contributed by atoms with Gasteiger partial charge in [-0.05, 0) is 12.1 Å². The molecule has 1 aliphatic heterocycles. The molecule has 0 saturated heterocycles. The molecule has 0 spiro atoms. The van der Waals surface area contributed by atoms with Crippen molar-refractivity contribution >= 4 is 0 Å². The highest BCUT2D eigenvalue weighted by Gasteiger charge is 2.43. The van der Waals surface area contributed by atoms with Crippen molar-refractivity contribution in [3.63, 3.8) is 0 Å². The van der Waals surface area contributed by atoms with Crippen LogP contribution in [-0.2, 0) is 12.8 Å². The molecule has 2 aromatic carbocycles. The third kappa shape index (κ3) is 2.49. The fourth-order valence-electron chi connectivity index (χ4n) is 3.27. The number of benzene rings is 2. The molecule has 28 heavy (non-hydrogen) atoms. The summed E-state index contributed by atoms with van der Waals surface area (Å²) in [5.74, 6) is 0.457. The number of nitrogens with zero attached hydrogens (tertiary/aromatic N) is 2. The second-order valence-electron chi connectivity index (χ2n) is 6.22. The molecular weight excluding hydrogens is 373 g/mol. The first-order chi connectivity index (χ1) is 13.5. The maximum absolute atomic E-state index is 13.9. The van der Waals surface area contributed by atoms with Crippen LogP contribution in [0.1, 0.15) is 11.1 Å². The minimum atomic E-state index is -4.69. The van der Waals surface area contributed by atoms with Crippen molar-refractivity contribution in [2.24, 2.45) is 0 Å². The van der Waals surface area contributed by atoms with Crippen molar-refractivity contribution in [1.82, 2.24) is 10.3 Å². The maximum atomic E-state index is 13.9. The van der Waals surface area contributed by atoms with Crippen LogP contribution in [0, 0.1) is 0 Å². The fraction of sp³-hybridized carbons (Fsp3) is 0.100. The summed E-state index contributed by atoms with van der Waals surface area (Å²) in [6, 6.07) is 15.1. The Morgan fingerprint density at radius 1 is 0.786 bits per heavy atom. The van der Waals surface area contributed by atoms with E-state index in [9.17, 15) is 13.2 Å². The molecule has 0 unspecified atom stereocenters. The van der Waals surface area contributed by atoms with Gasteiger partial charge in [-0.25, -0.2) is 0 Å². The van der Waals surface area contributed by atoms with Gasteiger partial charge in [0.05, 0.1) is 11.1 Å². The van der Waals surface area contributed by atoms with E-state index in [4.69, 9.17) is 13.8 Å². The molecule has 4 aromatic rings. The zero-order chi connectivity index (χ0) is 19.3. The third-order valence-corrected chi connectivity index (χ3v) is 4.53. The summed E-state index contributed by atoms with van der Waals surface area (Å²) in [5.41, 5.74) is -0.0419. The lowest BCUT2D eigenvalue weighted by molar-refractivity contribution is -0.136. The number of para-hydroxylation sites is 1. The molecule has 0 aliphatic carbocycles. The summed E-state index contributed by atoms with van der Waals surface area (Å²) in [5, 5.41) is 7.54. The quantitative estimate of drug-likeness (QED) is 0.452. The summed E-state index contributed by atoms with van der Waals surface area (Å²) >= 11 is 0. The standard InChI is InChI=1S/C20H11F3N2O3/c21-20(22,23)15-16(11-6-2-1-3-7-11)24-28-19(15)17-13-10-26-14-9-5-4-8-12(14)18(13)27-25-17/h1-9H,10H2. The lowest BCUT2D eigenvalue weighted by Gasteiger charge is -2.15. The third-order valence-electron chi connectivity index (χ3n) is 4.53. The number of fused-ring (bicyclic) bond motifs is 3. The Balaban J connectivity index is 1.71. The van der Waals surface area contributed by atoms with E-state index in [-0.39, 0.29) is 18.0 Å². The van der Waals surface area contributed by atoms with Gasteiger partial charge in [-0.1, -0.05) is 52.8 Å². The predicted octanol–water partition coefficient (Wildman–Crippen LogP) is 5.57. The van der Waals surface area contributed by atoms with E-state index in [1.165, 1.54) is 12.1 Å². The van der Waals surface area contributed by atoms with Crippen molar-refractivity contribution in [2.75, 3.05) is 0 Å². The highest BCUT2D eigenvalue weighted by atomic mass is 19.4. The van der Waals surface area contributed by atoms with Crippen LogP contribution in [0.5, 0.6) is 5.75 Å². The Morgan fingerprint density at radius 3 is 2.25 bits per heavy atom. The van der Waals surface area contributed by atoms with Crippen molar-refractivity contribution in [2.45, 2.75) is 12.8 Å². The number of alkyl halides is 3. The zero-order valence-electron chi connectivity index (χ0n) is 14.2. The molecule has 0 radical (unpaired) electrons. The summed E-state index contributed by atoms with van der Waals surface area (Å²) in [6.45, 7) is 0.0177. The van der Waals surface area contributed by atoms with Crippen LogP contribution < -0.4 is 4.74 Å². The monoisotopic (exact) mass is 384 g/mol. The fourth-order valence-corrected chi connectivity index (χ4v) is 3.27. The van der Waals surface area contributed by atoms with Crippen LogP contribution in [0.2, 0.25) is 0 Å². The largest absolute Gasteiger partial charge is 0.488 e. The number of rotatable bonds is 2. The van der Waals surface area contributed by atoms with Crippen LogP contribution in [-0.4, -0.2) is 10.3 Å². The normalized spacial score (nSPS) is 13.0. The lowest BCUT2D eigenvalue weighted by atomic mass is 9.99. The van der Waals surface area contributed by atoms with E-state index in [1.807, 2.05) is 0 Å². The van der Waals surface area contributed by atoms with Gasteiger partial charge in [0.25, 0.3) is 0 Å². The molecule has 0 bridgehead atoms. The Labute approximate surface area is 156 Å². The van der Waals surface area contributed by atoms with Gasteiger partial charge >= 0.3 is 6.18 Å². The first-order valence-electron chi connectivity index (χ1n) is 8.37. The minimum absolute atomic E-state index is 0.0177. The average Bonchev–Trinajstić information content (AvgIpc) is 3.32. The van der Waals surface area contributed by atoms with Gasteiger partial charge in [0.15, 0.2) is 11.5 Å². The molecule has 0 amide bonds. The summed E-state index contributed by atoms with van der Waals surface area (Å²) in [6.07, 6.45) is -4.69. The lowest BCUT2D eigenvalue weighted by Crippen LogP contribution is -2.09. The van der Waals surface area contributed by atoms with Gasteiger partial charge in [-0.3, -0.25) is 0 Å². The van der Waals surface area contributed by atoms with E-state index in [0.29, 0.717) is 28.2 Å². The van der Waals surface area contributed by atoms with E-state index in [2.05, 4.69) is 10.3 Å². The van der Waals surface area contributed by atoms with Crippen LogP contribution >= 0.6 is 0 Å². The molecule has 0 fully saturated rings. The van der Waals surface area contributed by atoms with Crippen LogP contribution in [0.3, 0.4) is 0 Å². The second-order valence-corrected chi connectivity index (χ2v) is 6.22. The number of aromatic nitrogens is 2. The first-order valence-corrected chi connectivity index (χ1v) is 8.37. The second kappa shape index (κ2) is 5.98. The SMILES string of the molecule is FC(F)(F)c1c(-c2ccccc2)noc1-c1noc2c1COc1ccccc1-2. The molecule has 1 aliphatic rings. The highest BCUT2D eigenvalue weighted by Crippen LogP contribution is 2.47. The molecule has 3 heterocycles. The molecule has 5 nitrogen and oxygen atoms in total. The summed E-state index contributed by atoms with van der Waals surface area (Å²) in [4.78, 5) is 0. The average molecular weight is 384 g/mol. The van der Waals surface area contributed by atoms with E-state index in [1.54, 1.807) is 42.5 Å². The van der Waals surface area contributed by atoms with Gasteiger partial charge in [0.2, 0.25) is 5.76 Å². The molecule has 5 rings (SSSR count). The van der Waals surface area contributed by atoms with Crippen LogP contribution in [0.25, 0.3) is 34.0 Å². The molecule has 2 aromatic heterocycles. The molecular formula is C20H11F3N2O3. The summed E-state index contributed by atoms with van der Waals surface area (Å²) in [7, 11) is 0. The van der Waals surface area contributed by atoms with Crippen molar-refractivity contribution in [3.05, 3.63) is 65.7 Å². The molecule has 140 valence electrons. The predicted molar refractivity (Wildman–Crippen MR) is 92.2 cm³/mol. The smallest absolute Gasteiger partial charge is 0.422 e. The van der Waals surface area contributed by atoms with Crippen molar-refractivity contribution < 1.29 is 27.0 Å². The number of ether oxygens (including phenoxy) is 1. The molecule has 8 heteroatoms.